The summed E-state index contributed by atoms with van der Waals surface area (Å²) in [6.45, 7) is 1.99. The summed E-state index contributed by atoms with van der Waals surface area (Å²) in [5.74, 6) is 0.621. The highest BCUT2D eigenvalue weighted by molar-refractivity contribution is 5.85. The van der Waals surface area contributed by atoms with Crippen molar-refractivity contribution in [1.29, 1.82) is 0 Å². The molecule has 2 aromatic carbocycles. The molecule has 23 heavy (non-hydrogen) atoms. The summed E-state index contributed by atoms with van der Waals surface area (Å²) in [6, 6.07) is 14.4. The summed E-state index contributed by atoms with van der Waals surface area (Å²) < 4.78 is 1.83. The number of amides is 1. The van der Waals surface area contributed by atoms with Gasteiger partial charge in [-0.05, 0) is 31.2 Å². The van der Waals surface area contributed by atoms with E-state index in [0.717, 1.165) is 16.9 Å². The van der Waals surface area contributed by atoms with E-state index in [4.69, 9.17) is 0 Å². The molecule has 0 fully saturated rings. The van der Waals surface area contributed by atoms with Gasteiger partial charge < -0.3 is 9.67 Å². The highest BCUT2D eigenvalue weighted by Gasteiger charge is 2.09. The van der Waals surface area contributed by atoms with Crippen molar-refractivity contribution in [3.63, 3.8) is 0 Å². The maximum atomic E-state index is 12.0. The van der Waals surface area contributed by atoms with E-state index in [1.807, 2.05) is 35.8 Å². The van der Waals surface area contributed by atoms with Crippen LogP contribution in [0.15, 0.2) is 53.6 Å². The number of imidazole rings is 1. The third-order valence-electron chi connectivity index (χ3n) is 3.48. The number of phenols is 1. The predicted molar refractivity (Wildman–Crippen MR) is 88.3 cm³/mol. The highest BCUT2D eigenvalue weighted by atomic mass is 16.3. The second kappa shape index (κ2) is 6.31. The third kappa shape index (κ3) is 3.21. The molecule has 3 aromatic rings. The molecule has 2 N–H and O–H groups in total. The van der Waals surface area contributed by atoms with Gasteiger partial charge in [-0.3, -0.25) is 4.79 Å². The Balaban J connectivity index is 1.70. The first-order valence-corrected chi connectivity index (χ1v) is 7.17. The Morgan fingerprint density at radius 3 is 2.83 bits per heavy atom. The number of carbonyl (C=O) groups is 1. The summed E-state index contributed by atoms with van der Waals surface area (Å²) in [6.07, 6.45) is 1.41. The van der Waals surface area contributed by atoms with E-state index >= 15 is 0 Å². The van der Waals surface area contributed by atoms with Gasteiger partial charge in [-0.1, -0.05) is 24.3 Å². The number of carbonyl (C=O) groups excluding carboxylic acids is 1. The van der Waals surface area contributed by atoms with E-state index in [9.17, 15) is 9.90 Å². The molecular formula is C17H16N4O2. The molecule has 6 heteroatoms. The van der Waals surface area contributed by atoms with E-state index in [0.29, 0.717) is 5.56 Å². The lowest BCUT2D eigenvalue weighted by Gasteiger charge is -2.05. The molecule has 0 saturated carbocycles. The molecule has 6 nitrogen and oxygen atoms in total. The number of aromatic hydroxyl groups is 1. The first kappa shape index (κ1) is 14.8. The third-order valence-corrected chi connectivity index (χ3v) is 3.48. The Morgan fingerprint density at radius 1 is 1.26 bits per heavy atom. The largest absolute Gasteiger partial charge is 0.507 e. The van der Waals surface area contributed by atoms with Crippen LogP contribution in [0.4, 0.5) is 0 Å². The number of rotatable bonds is 4. The minimum Gasteiger partial charge on any atom is -0.507 e. The molecule has 1 heterocycles. The molecule has 0 aliphatic carbocycles. The van der Waals surface area contributed by atoms with E-state index in [1.165, 1.54) is 6.21 Å². The van der Waals surface area contributed by atoms with Crippen molar-refractivity contribution in [3.8, 4) is 5.75 Å². The number of nitrogens with one attached hydrogen (secondary N) is 1. The zero-order valence-corrected chi connectivity index (χ0v) is 12.6. The van der Waals surface area contributed by atoms with E-state index in [1.54, 1.807) is 24.3 Å². The average Bonchev–Trinajstić information content (AvgIpc) is 2.85. The summed E-state index contributed by atoms with van der Waals surface area (Å²) in [5.41, 5.74) is 4.76. The fourth-order valence-electron chi connectivity index (χ4n) is 2.35. The second-order valence-electron chi connectivity index (χ2n) is 5.09. The maximum absolute atomic E-state index is 12.0. The highest BCUT2D eigenvalue weighted by Crippen LogP contribution is 2.15. The smallest absolute Gasteiger partial charge is 0.260 e. The van der Waals surface area contributed by atoms with Crippen LogP contribution in [0.2, 0.25) is 0 Å². The number of aromatic nitrogens is 2. The van der Waals surface area contributed by atoms with Gasteiger partial charge in [-0.25, -0.2) is 10.4 Å². The molecule has 3 rings (SSSR count). The Labute approximate surface area is 133 Å². The normalized spacial score (nSPS) is 11.2. The maximum Gasteiger partial charge on any atom is 0.260 e. The zero-order valence-electron chi connectivity index (χ0n) is 12.6. The summed E-state index contributed by atoms with van der Waals surface area (Å²) >= 11 is 0. The fraction of sp³-hybridized carbons (Fsp3) is 0.118. The molecule has 0 radical (unpaired) electrons. The number of nitrogens with zero attached hydrogens (tertiary/aromatic N) is 3. The van der Waals surface area contributed by atoms with Crippen LogP contribution >= 0.6 is 0 Å². The summed E-state index contributed by atoms with van der Waals surface area (Å²) in [5, 5.41) is 13.5. The Kier molecular flexibility index (Phi) is 4.05. The molecule has 0 bridgehead atoms. The number of hydrazone groups is 1. The zero-order chi connectivity index (χ0) is 16.2. The van der Waals surface area contributed by atoms with Crippen LogP contribution in [-0.4, -0.2) is 26.8 Å². The van der Waals surface area contributed by atoms with E-state index in [2.05, 4.69) is 15.5 Å². The molecular weight excluding hydrogens is 292 g/mol. The molecule has 1 amide bonds. The number of para-hydroxylation sites is 3. The van der Waals surface area contributed by atoms with Crippen molar-refractivity contribution in [2.75, 3.05) is 0 Å². The van der Waals surface area contributed by atoms with Gasteiger partial charge in [0, 0.05) is 5.56 Å². The Morgan fingerprint density at radius 2 is 2.00 bits per heavy atom. The van der Waals surface area contributed by atoms with Gasteiger partial charge in [0.15, 0.2) is 0 Å². The molecule has 0 unspecified atom stereocenters. The van der Waals surface area contributed by atoms with Crippen molar-refractivity contribution >= 4 is 23.2 Å². The van der Waals surface area contributed by atoms with Gasteiger partial charge in [0.2, 0.25) is 0 Å². The fourth-order valence-corrected chi connectivity index (χ4v) is 2.35. The lowest BCUT2D eigenvalue weighted by Crippen LogP contribution is -2.23. The number of aryl methyl sites for hydroxylation is 1. The number of hydrogen-bond donors (Lipinski definition) is 2. The van der Waals surface area contributed by atoms with Crippen molar-refractivity contribution in [1.82, 2.24) is 15.0 Å². The summed E-state index contributed by atoms with van der Waals surface area (Å²) in [7, 11) is 0. The topological polar surface area (TPSA) is 79.5 Å². The van der Waals surface area contributed by atoms with Crippen LogP contribution in [-0.2, 0) is 11.3 Å². The van der Waals surface area contributed by atoms with E-state index in [-0.39, 0.29) is 18.2 Å². The van der Waals surface area contributed by atoms with Crippen LogP contribution in [0, 0.1) is 6.92 Å². The van der Waals surface area contributed by atoms with Gasteiger partial charge in [-0.15, -0.1) is 0 Å². The minimum absolute atomic E-state index is 0.113. The average molecular weight is 308 g/mol. The monoisotopic (exact) mass is 308 g/mol. The molecule has 0 spiro atoms. The molecule has 0 atom stereocenters. The molecule has 0 aliphatic rings. The molecule has 0 aliphatic heterocycles. The molecule has 116 valence electrons. The van der Waals surface area contributed by atoms with Crippen molar-refractivity contribution in [2.45, 2.75) is 13.5 Å². The number of hydrogen-bond acceptors (Lipinski definition) is 4. The van der Waals surface area contributed by atoms with Crippen LogP contribution in [0.5, 0.6) is 5.75 Å². The van der Waals surface area contributed by atoms with Crippen LogP contribution in [0.25, 0.3) is 11.0 Å². The number of fused-ring (bicyclic) bond motifs is 1. The van der Waals surface area contributed by atoms with Gasteiger partial charge in [0.1, 0.15) is 18.1 Å². The van der Waals surface area contributed by atoms with E-state index < -0.39 is 0 Å². The predicted octanol–water partition coefficient (Wildman–Crippen LogP) is 2.20. The van der Waals surface area contributed by atoms with Crippen molar-refractivity contribution < 1.29 is 9.90 Å². The first-order chi connectivity index (χ1) is 11.1. The lowest BCUT2D eigenvalue weighted by molar-refractivity contribution is -0.121. The van der Waals surface area contributed by atoms with Crippen LogP contribution < -0.4 is 5.43 Å². The number of phenolic OH excluding ortho intramolecular Hbond substituents is 1. The van der Waals surface area contributed by atoms with Crippen molar-refractivity contribution in [3.05, 3.63) is 59.9 Å². The second-order valence-corrected chi connectivity index (χ2v) is 5.09. The van der Waals surface area contributed by atoms with Gasteiger partial charge in [-0.2, -0.15) is 5.10 Å². The Bertz CT molecular complexity index is 883. The quantitative estimate of drug-likeness (QED) is 0.573. The van der Waals surface area contributed by atoms with Gasteiger partial charge in [0.05, 0.1) is 17.2 Å². The SMILES string of the molecule is Cc1nc2ccccc2n1CC(=O)N/N=C\c1ccccc1O. The van der Waals surface area contributed by atoms with Gasteiger partial charge in [0.25, 0.3) is 5.91 Å². The number of benzene rings is 2. The molecule has 0 saturated heterocycles. The van der Waals surface area contributed by atoms with Crippen LogP contribution in [0.3, 0.4) is 0 Å². The first-order valence-electron chi connectivity index (χ1n) is 7.17. The summed E-state index contributed by atoms with van der Waals surface area (Å²) in [4.78, 5) is 16.5. The van der Waals surface area contributed by atoms with Gasteiger partial charge >= 0.3 is 0 Å². The van der Waals surface area contributed by atoms with Crippen LogP contribution in [0.1, 0.15) is 11.4 Å². The Hall–Kier alpha value is -3.15. The standard InChI is InChI=1S/C17H16N4O2/c1-12-19-14-7-3-4-8-15(14)21(12)11-17(23)20-18-10-13-6-2-5-9-16(13)22/h2-10,22H,11H2,1H3,(H,20,23)/b18-10-. The lowest BCUT2D eigenvalue weighted by atomic mass is 10.2. The molecule has 1 aromatic heterocycles. The van der Waals surface area contributed by atoms with Crippen molar-refractivity contribution in [2.24, 2.45) is 5.10 Å². The minimum atomic E-state index is -0.261.